The second-order valence-corrected chi connectivity index (χ2v) is 5.23. The van der Waals surface area contributed by atoms with Crippen molar-refractivity contribution >= 4 is 29.9 Å². The third-order valence-corrected chi connectivity index (χ3v) is 2.43. The number of halogens is 1. The fourth-order valence-electron chi connectivity index (χ4n) is 1.29. The molecule has 7 nitrogen and oxygen atoms in total. The van der Waals surface area contributed by atoms with Gasteiger partial charge < -0.3 is 16.8 Å². The lowest BCUT2D eigenvalue weighted by molar-refractivity contribution is -0.119. The molecule has 1 aromatic heterocycles. The van der Waals surface area contributed by atoms with Crippen LogP contribution in [0.25, 0.3) is 0 Å². The highest BCUT2D eigenvalue weighted by Gasteiger charge is 2.27. The van der Waals surface area contributed by atoms with Crippen molar-refractivity contribution in [3.63, 3.8) is 0 Å². The number of nitrogens with one attached hydrogen (secondary N) is 1. The van der Waals surface area contributed by atoms with Crippen LogP contribution in [-0.4, -0.2) is 27.6 Å². The molecular formula is C11H20ClN5O2. The molecule has 1 atom stereocenters. The summed E-state index contributed by atoms with van der Waals surface area (Å²) in [6.45, 7) is 5.62. The van der Waals surface area contributed by atoms with Crippen molar-refractivity contribution in [2.24, 2.45) is 16.9 Å². The quantitative estimate of drug-likeness (QED) is 0.729. The van der Waals surface area contributed by atoms with Crippen LogP contribution in [0.2, 0.25) is 0 Å². The molecule has 0 fully saturated rings. The maximum atomic E-state index is 11.8. The number of nitrogens with two attached hydrogens (primary N) is 2. The first-order chi connectivity index (χ1) is 8.20. The van der Waals surface area contributed by atoms with Gasteiger partial charge in [-0.1, -0.05) is 20.8 Å². The molecule has 0 saturated heterocycles. The van der Waals surface area contributed by atoms with Crippen molar-refractivity contribution in [3.05, 3.63) is 12.4 Å². The molecule has 0 aliphatic heterocycles. The molecule has 0 aliphatic carbocycles. The summed E-state index contributed by atoms with van der Waals surface area (Å²) in [7, 11) is 0. The Hall–Kier alpha value is -1.60. The number of primary amides is 1. The largest absolute Gasteiger partial charge is 0.368 e. The number of aromatic nitrogens is 2. The van der Waals surface area contributed by atoms with E-state index >= 15 is 0 Å². The van der Waals surface area contributed by atoms with Crippen molar-refractivity contribution in [1.29, 1.82) is 0 Å². The normalized spacial score (nSPS) is 12.4. The molecule has 0 unspecified atom stereocenters. The van der Waals surface area contributed by atoms with E-state index in [1.165, 1.54) is 17.1 Å². The molecule has 108 valence electrons. The minimum absolute atomic E-state index is 0. The van der Waals surface area contributed by atoms with Gasteiger partial charge in [-0.15, -0.1) is 12.4 Å². The minimum Gasteiger partial charge on any atom is -0.368 e. The molecule has 19 heavy (non-hydrogen) atoms. The van der Waals surface area contributed by atoms with Gasteiger partial charge in [-0.2, -0.15) is 5.10 Å². The standard InChI is InChI=1S/C11H19N5O2.ClH/c1-11(2,3)9(13)10(18)15-7-4-14-16(5-7)6-8(12)17;/h4-5,9H,6,13H2,1-3H3,(H2,12,17)(H,15,18);1H/t9-;/m1./s1. The maximum absolute atomic E-state index is 11.8. The van der Waals surface area contributed by atoms with Gasteiger partial charge in [0.05, 0.1) is 17.9 Å². The van der Waals surface area contributed by atoms with Gasteiger partial charge in [0.15, 0.2) is 0 Å². The SMILES string of the molecule is CC(C)(C)[C@H](N)C(=O)Nc1cnn(CC(N)=O)c1.Cl. The fourth-order valence-corrected chi connectivity index (χ4v) is 1.29. The third-order valence-electron chi connectivity index (χ3n) is 2.43. The van der Waals surface area contributed by atoms with Gasteiger partial charge in [-0.25, -0.2) is 0 Å². The number of nitrogens with zero attached hydrogens (tertiary/aromatic N) is 2. The summed E-state index contributed by atoms with van der Waals surface area (Å²) in [4.78, 5) is 22.5. The number of amides is 2. The van der Waals surface area contributed by atoms with Crippen molar-refractivity contribution in [1.82, 2.24) is 9.78 Å². The van der Waals surface area contributed by atoms with Crippen LogP contribution in [0.3, 0.4) is 0 Å². The number of carbonyl (C=O) groups is 2. The van der Waals surface area contributed by atoms with Gasteiger partial charge in [0.1, 0.15) is 6.54 Å². The van der Waals surface area contributed by atoms with Gasteiger partial charge in [0.25, 0.3) is 0 Å². The highest BCUT2D eigenvalue weighted by atomic mass is 35.5. The van der Waals surface area contributed by atoms with Crippen molar-refractivity contribution in [2.45, 2.75) is 33.4 Å². The first-order valence-corrected chi connectivity index (χ1v) is 5.57. The second kappa shape index (κ2) is 6.53. The number of hydrogen-bond donors (Lipinski definition) is 3. The van der Waals surface area contributed by atoms with Gasteiger partial charge in [-0.3, -0.25) is 14.3 Å². The van der Waals surface area contributed by atoms with Crippen LogP contribution in [0, 0.1) is 5.41 Å². The number of anilines is 1. The van der Waals surface area contributed by atoms with Crippen molar-refractivity contribution < 1.29 is 9.59 Å². The Morgan fingerprint density at radius 3 is 2.53 bits per heavy atom. The summed E-state index contributed by atoms with van der Waals surface area (Å²) in [5.74, 6) is -0.788. The molecule has 5 N–H and O–H groups in total. The summed E-state index contributed by atoms with van der Waals surface area (Å²) >= 11 is 0. The zero-order chi connectivity index (χ0) is 13.9. The van der Waals surface area contributed by atoms with E-state index in [0.717, 1.165) is 0 Å². The van der Waals surface area contributed by atoms with Gasteiger partial charge >= 0.3 is 0 Å². The van der Waals surface area contributed by atoms with Crippen molar-refractivity contribution in [3.8, 4) is 0 Å². The summed E-state index contributed by atoms with van der Waals surface area (Å²) in [5.41, 5.74) is 11.0. The Morgan fingerprint density at radius 1 is 1.47 bits per heavy atom. The summed E-state index contributed by atoms with van der Waals surface area (Å²) in [6, 6.07) is -0.628. The van der Waals surface area contributed by atoms with Crippen LogP contribution in [0.4, 0.5) is 5.69 Å². The molecule has 0 aromatic carbocycles. The maximum Gasteiger partial charge on any atom is 0.241 e. The Kier molecular flexibility index (Phi) is 5.98. The zero-order valence-corrected chi connectivity index (χ0v) is 12.0. The zero-order valence-electron chi connectivity index (χ0n) is 11.2. The highest BCUT2D eigenvalue weighted by Crippen LogP contribution is 2.18. The second-order valence-electron chi connectivity index (χ2n) is 5.23. The monoisotopic (exact) mass is 289 g/mol. The van der Waals surface area contributed by atoms with E-state index < -0.39 is 11.9 Å². The van der Waals surface area contributed by atoms with E-state index in [1.807, 2.05) is 20.8 Å². The molecule has 8 heteroatoms. The third kappa shape index (κ3) is 5.27. The first kappa shape index (κ1) is 17.4. The fraction of sp³-hybridized carbons (Fsp3) is 0.545. The van der Waals surface area contributed by atoms with E-state index in [4.69, 9.17) is 11.5 Å². The topological polar surface area (TPSA) is 116 Å². The first-order valence-electron chi connectivity index (χ1n) is 5.57. The van der Waals surface area contributed by atoms with Crippen LogP contribution < -0.4 is 16.8 Å². The molecule has 0 spiro atoms. The van der Waals surface area contributed by atoms with Crippen LogP contribution in [0.5, 0.6) is 0 Å². The number of carbonyl (C=O) groups excluding carboxylic acids is 2. The van der Waals surface area contributed by atoms with Crippen LogP contribution in [0.1, 0.15) is 20.8 Å². The average Bonchev–Trinajstić information content (AvgIpc) is 2.61. The lowest BCUT2D eigenvalue weighted by Gasteiger charge is -2.25. The lowest BCUT2D eigenvalue weighted by atomic mass is 9.87. The van der Waals surface area contributed by atoms with E-state index in [0.29, 0.717) is 5.69 Å². The van der Waals surface area contributed by atoms with E-state index in [9.17, 15) is 9.59 Å². The Morgan fingerprint density at radius 2 is 2.05 bits per heavy atom. The van der Waals surface area contributed by atoms with E-state index in [1.54, 1.807) is 0 Å². The molecule has 1 heterocycles. The molecular weight excluding hydrogens is 270 g/mol. The van der Waals surface area contributed by atoms with Crippen LogP contribution in [-0.2, 0) is 16.1 Å². The smallest absolute Gasteiger partial charge is 0.241 e. The van der Waals surface area contributed by atoms with Gasteiger partial charge in [0, 0.05) is 6.20 Å². The molecule has 1 rings (SSSR count). The summed E-state index contributed by atoms with van der Waals surface area (Å²) in [5, 5.41) is 6.53. The molecule has 0 saturated carbocycles. The highest BCUT2D eigenvalue weighted by molar-refractivity contribution is 5.95. The van der Waals surface area contributed by atoms with Crippen LogP contribution >= 0.6 is 12.4 Å². The lowest BCUT2D eigenvalue weighted by Crippen LogP contribution is -2.45. The summed E-state index contributed by atoms with van der Waals surface area (Å²) < 4.78 is 1.35. The van der Waals surface area contributed by atoms with Gasteiger partial charge in [0.2, 0.25) is 11.8 Å². The molecule has 0 aliphatic rings. The molecule has 0 bridgehead atoms. The molecule has 0 radical (unpaired) electrons. The molecule has 1 aromatic rings. The van der Waals surface area contributed by atoms with E-state index in [2.05, 4.69) is 10.4 Å². The Balaban J connectivity index is 0.00000324. The van der Waals surface area contributed by atoms with Crippen LogP contribution in [0.15, 0.2) is 12.4 Å². The van der Waals surface area contributed by atoms with E-state index in [-0.39, 0.29) is 30.3 Å². The Labute approximate surface area is 118 Å². The van der Waals surface area contributed by atoms with Crippen molar-refractivity contribution in [2.75, 3.05) is 5.32 Å². The predicted molar refractivity (Wildman–Crippen MR) is 74.7 cm³/mol. The number of rotatable bonds is 4. The predicted octanol–water partition coefficient (Wildman–Crippen LogP) is 0.102. The summed E-state index contributed by atoms with van der Waals surface area (Å²) in [6.07, 6.45) is 2.97. The number of hydrogen-bond acceptors (Lipinski definition) is 4. The molecule has 2 amide bonds. The average molecular weight is 290 g/mol. The van der Waals surface area contributed by atoms with Gasteiger partial charge in [-0.05, 0) is 5.41 Å². The minimum atomic E-state index is -0.628. The Bertz CT molecular complexity index is 452.